The van der Waals surface area contributed by atoms with Gasteiger partial charge in [-0.1, -0.05) is 19.3 Å². The number of hydrogen-bond acceptors (Lipinski definition) is 7. The summed E-state index contributed by atoms with van der Waals surface area (Å²) in [5, 5.41) is 17.9. The number of ether oxygens (including phenoxy) is 2. The predicted molar refractivity (Wildman–Crippen MR) is 94.9 cm³/mol. The maximum atomic E-state index is 12.7. The summed E-state index contributed by atoms with van der Waals surface area (Å²) in [6.07, 6.45) is 4.99. The molecule has 1 heterocycles. The second-order valence-corrected chi connectivity index (χ2v) is 7.48. The summed E-state index contributed by atoms with van der Waals surface area (Å²) < 4.78 is 16.7. The minimum absolute atomic E-state index is 0.111. The van der Waals surface area contributed by atoms with Gasteiger partial charge in [0, 0.05) is 6.07 Å². The average molecular weight is 367 g/mol. The molecule has 1 aromatic rings. The van der Waals surface area contributed by atoms with E-state index < -0.39 is 30.5 Å². The highest BCUT2D eigenvalue weighted by Crippen LogP contribution is 2.35. The molecule has 9 heteroatoms. The molecular weight excluding hydrogens is 341 g/mol. The maximum absolute atomic E-state index is 12.7. The first-order valence-corrected chi connectivity index (χ1v) is 8.66. The number of nitrogens with zero attached hydrogens (tertiary/aromatic N) is 1. The Balaban J connectivity index is 2.39. The van der Waals surface area contributed by atoms with Crippen LogP contribution >= 0.6 is 0 Å². The van der Waals surface area contributed by atoms with Crippen LogP contribution in [0.2, 0.25) is 0 Å². The molecule has 1 fully saturated rings. The molecule has 0 aromatic carbocycles. The van der Waals surface area contributed by atoms with Gasteiger partial charge in [-0.25, -0.2) is 4.79 Å². The summed E-state index contributed by atoms with van der Waals surface area (Å²) in [6, 6.07) is 0.283. The van der Waals surface area contributed by atoms with Crippen molar-refractivity contribution in [3.63, 3.8) is 0 Å². The highest BCUT2D eigenvalue weighted by Gasteiger charge is 2.32. The Hall–Kier alpha value is -2.00. The Morgan fingerprint density at radius 2 is 2.00 bits per heavy atom. The molecule has 26 heavy (non-hydrogen) atoms. The van der Waals surface area contributed by atoms with Crippen molar-refractivity contribution in [1.82, 2.24) is 4.57 Å². The first-order chi connectivity index (χ1) is 12.1. The van der Waals surface area contributed by atoms with Crippen LogP contribution in [0.5, 0.6) is 11.5 Å². The van der Waals surface area contributed by atoms with Crippen LogP contribution in [0.3, 0.4) is 0 Å². The van der Waals surface area contributed by atoms with E-state index in [1.807, 2.05) is 0 Å². The van der Waals surface area contributed by atoms with E-state index in [1.54, 1.807) is 20.8 Å². The van der Waals surface area contributed by atoms with Gasteiger partial charge in [-0.05, 0) is 33.1 Å². The highest BCUT2D eigenvalue weighted by molar-refractivity contribution is 6.33. The van der Waals surface area contributed by atoms with Crippen LogP contribution in [-0.2, 0) is 9.53 Å². The molecule has 0 bridgehead atoms. The lowest BCUT2D eigenvalue weighted by Gasteiger charge is -2.31. The molecule has 0 spiro atoms. The zero-order valence-corrected chi connectivity index (χ0v) is 15.6. The lowest BCUT2D eigenvalue weighted by atomic mass is 9.80. The largest absolute Gasteiger partial charge is 0.707 e. The summed E-state index contributed by atoms with van der Waals surface area (Å²) >= 11 is 0. The maximum Gasteiger partial charge on any atom is 0.707 e. The fourth-order valence-electron chi connectivity index (χ4n) is 2.85. The van der Waals surface area contributed by atoms with E-state index in [4.69, 9.17) is 24.2 Å². The van der Waals surface area contributed by atoms with E-state index >= 15 is 0 Å². The summed E-state index contributed by atoms with van der Waals surface area (Å²) in [7, 11) is -0.731. The topological polar surface area (TPSA) is 107 Å². The van der Waals surface area contributed by atoms with Crippen LogP contribution in [-0.4, -0.2) is 40.6 Å². The number of esters is 1. The van der Waals surface area contributed by atoms with Gasteiger partial charge in [0.25, 0.3) is 5.56 Å². The highest BCUT2D eigenvalue weighted by atomic mass is 16.6. The van der Waals surface area contributed by atoms with Crippen molar-refractivity contribution >= 4 is 13.3 Å². The third kappa shape index (κ3) is 5.25. The monoisotopic (exact) mass is 367 g/mol. The van der Waals surface area contributed by atoms with Crippen molar-refractivity contribution in [2.24, 2.45) is 5.92 Å². The zero-order chi connectivity index (χ0) is 19.5. The zero-order valence-electron chi connectivity index (χ0n) is 15.6. The van der Waals surface area contributed by atoms with E-state index in [2.05, 4.69) is 0 Å². The van der Waals surface area contributed by atoms with Gasteiger partial charge in [0.05, 0.1) is 13.3 Å². The van der Waals surface area contributed by atoms with Crippen molar-refractivity contribution in [3.8, 4) is 11.5 Å². The van der Waals surface area contributed by atoms with Crippen molar-refractivity contribution in [2.45, 2.75) is 58.1 Å². The second-order valence-electron chi connectivity index (χ2n) is 7.48. The molecule has 1 atom stereocenters. The molecule has 0 aliphatic heterocycles. The summed E-state index contributed by atoms with van der Waals surface area (Å²) in [6.45, 7) is 5.32. The van der Waals surface area contributed by atoms with Crippen LogP contribution in [0.4, 0.5) is 0 Å². The SMILES string of the molecule is COc1cn(C(CC2CCC2)C(=O)OC(C)(C)C)c(=O)cc1OB(O)O. The minimum atomic E-state index is -2.09. The number of carbonyl (C=O) groups excluding carboxylic acids is 1. The average Bonchev–Trinajstić information content (AvgIpc) is 2.45. The Kier molecular flexibility index (Phi) is 6.36. The molecule has 1 aliphatic rings. The van der Waals surface area contributed by atoms with Gasteiger partial charge in [-0.3, -0.25) is 9.36 Å². The van der Waals surface area contributed by atoms with Gasteiger partial charge >= 0.3 is 13.3 Å². The number of rotatable bonds is 7. The van der Waals surface area contributed by atoms with Gasteiger partial charge in [-0.15, -0.1) is 0 Å². The van der Waals surface area contributed by atoms with Gasteiger partial charge in [0.2, 0.25) is 0 Å². The van der Waals surface area contributed by atoms with Crippen LogP contribution in [0.25, 0.3) is 0 Å². The van der Waals surface area contributed by atoms with E-state index in [0.717, 1.165) is 25.3 Å². The molecule has 1 aliphatic carbocycles. The number of carbonyl (C=O) groups is 1. The molecule has 2 N–H and O–H groups in total. The number of hydrogen-bond donors (Lipinski definition) is 2. The summed E-state index contributed by atoms with van der Waals surface area (Å²) in [5.74, 6) is -0.125. The molecule has 144 valence electrons. The first-order valence-electron chi connectivity index (χ1n) is 8.66. The van der Waals surface area contributed by atoms with E-state index in [-0.39, 0.29) is 11.5 Å². The predicted octanol–water partition coefficient (Wildman–Crippen LogP) is 1.28. The molecule has 2 rings (SSSR count). The molecule has 1 saturated carbocycles. The Morgan fingerprint density at radius 3 is 2.46 bits per heavy atom. The van der Waals surface area contributed by atoms with Gasteiger partial charge in [0.1, 0.15) is 11.6 Å². The van der Waals surface area contributed by atoms with Crippen LogP contribution < -0.4 is 15.0 Å². The lowest BCUT2D eigenvalue weighted by molar-refractivity contribution is -0.160. The first kappa shape index (κ1) is 20.3. The summed E-state index contributed by atoms with van der Waals surface area (Å²) in [4.78, 5) is 25.3. The van der Waals surface area contributed by atoms with Crippen molar-refractivity contribution in [3.05, 3.63) is 22.6 Å². The standard InChI is InChI=1S/C17H26BNO7/c1-17(2,3)25-16(21)12(8-11-6-5-7-11)19-10-14(24-4)13(9-15(19)20)26-18(22)23/h9-12,22-23H,5-8H2,1-4H3. The summed E-state index contributed by atoms with van der Waals surface area (Å²) in [5.41, 5.74) is -1.19. The van der Waals surface area contributed by atoms with Crippen molar-refractivity contribution < 1.29 is 29.0 Å². The molecule has 0 radical (unpaired) electrons. The quantitative estimate of drug-likeness (QED) is 0.552. The van der Waals surface area contributed by atoms with Crippen LogP contribution in [0.1, 0.15) is 52.5 Å². The molecule has 1 unspecified atom stereocenters. The number of methoxy groups -OCH3 is 1. The van der Waals surface area contributed by atoms with Crippen LogP contribution in [0.15, 0.2) is 17.1 Å². The van der Waals surface area contributed by atoms with E-state index in [9.17, 15) is 9.59 Å². The minimum Gasteiger partial charge on any atom is -0.509 e. The number of aromatic nitrogens is 1. The van der Waals surface area contributed by atoms with E-state index in [1.165, 1.54) is 17.9 Å². The van der Waals surface area contributed by atoms with Gasteiger partial charge in [-0.2, -0.15) is 0 Å². The Bertz CT molecular complexity index is 691. The molecule has 1 aromatic heterocycles. The molecule has 0 amide bonds. The van der Waals surface area contributed by atoms with Crippen molar-refractivity contribution in [2.75, 3.05) is 7.11 Å². The third-order valence-corrected chi connectivity index (χ3v) is 4.26. The molecular formula is C17H26BNO7. The smallest absolute Gasteiger partial charge is 0.509 e. The molecule has 0 saturated heterocycles. The normalized spacial score (nSPS) is 15.8. The van der Waals surface area contributed by atoms with E-state index in [0.29, 0.717) is 12.3 Å². The second kappa shape index (κ2) is 8.13. The van der Waals surface area contributed by atoms with Gasteiger partial charge in [0.15, 0.2) is 11.5 Å². The van der Waals surface area contributed by atoms with Gasteiger partial charge < -0.3 is 24.2 Å². The Labute approximate surface area is 152 Å². The lowest BCUT2D eigenvalue weighted by Crippen LogP contribution is -2.36. The fourth-order valence-corrected chi connectivity index (χ4v) is 2.85. The Morgan fingerprint density at radius 1 is 1.35 bits per heavy atom. The number of pyridine rings is 1. The fraction of sp³-hybridized carbons (Fsp3) is 0.647. The van der Waals surface area contributed by atoms with Crippen LogP contribution in [0, 0.1) is 5.92 Å². The third-order valence-electron chi connectivity index (χ3n) is 4.26. The molecule has 8 nitrogen and oxygen atoms in total. The van der Waals surface area contributed by atoms with Crippen molar-refractivity contribution in [1.29, 1.82) is 0 Å².